The van der Waals surface area contributed by atoms with Crippen LogP contribution in [0.4, 0.5) is 0 Å². The predicted molar refractivity (Wildman–Crippen MR) is 84.9 cm³/mol. The van der Waals surface area contributed by atoms with Crippen molar-refractivity contribution in [2.45, 2.75) is 19.4 Å². The molecule has 1 atom stereocenters. The van der Waals surface area contributed by atoms with Crippen molar-refractivity contribution >= 4 is 17.5 Å². The Hall–Kier alpha value is -2.00. The molecule has 0 fully saturated rings. The fourth-order valence-corrected chi connectivity index (χ4v) is 2.23. The van der Waals surface area contributed by atoms with Crippen molar-refractivity contribution < 1.29 is 9.53 Å². The third kappa shape index (κ3) is 3.99. The standard InChI is InChI=1S/C17H18ClNO2/c1-3-16(12-6-10-15(21-2)11-7-12)19-17(20)13-4-8-14(18)9-5-13/h4-11,16H,3H2,1-2H3,(H,19,20)/t16-/m1/s1. The van der Waals surface area contributed by atoms with E-state index in [2.05, 4.69) is 5.32 Å². The number of hydrogen-bond donors (Lipinski definition) is 1. The van der Waals surface area contributed by atoms with E-state index in [0.29, 0.717) is 10.6 Å². The molecule has 110 valence electrons. The van der Waals surface area contributed by atoms with Gasteiger partial charge < -0.3 is 10.1 Å². The number of benzene rings is 2. The Morgan fingerprint density at radius 3 is 2.29 bits per heavy atom. The smallest absolute Gasteiger partial charge is 0.251 e. The van der Waals surface area contributed by atoms with E-state index in [9.17, 15) is 4.79 Å². The molecule has 0 aliphatic heterocycles. The third-order valence-electron chi connectivity index (χ3n) is 3.34. The predicted octanol–water partition coefficient (Wildman–Crippen LogP) is 4.23. The van der Waals surface area contributed by atoms with E-state index in [1.807, 2.05) is 31.2 Å². The van der Waals surface area contributed by atoms with Gasteiger partial charge in [0.15, 0.2) is 0 Å². The van der Waals surface area contributed by atoms with Crippen molar-refractivity contribution in [3.05, 3.63) is 64.7 Å². The van der Waals surface area contributed by atoms with Gasteiger partial charge in [-0.2, -0.15) is 0 Å². The molecule has 21 heavy (non-hydrogen) atoms. The molecule has 0 aliphatic carbocycles. The Labute approximate surface area is 129 Å². The van der Waals surface area contributed by atoms with Crippen LogP contribution in [0.1, 0.15) is 35.3 Å². The molecule has 2 aromatic rings. The summed E-state index contributed by atoms with van der Waals surface area (Å²) in [5.74, 6) is 0.701. The highest BCUT2D eigenvalue weighted by atomic mass is 35.5. The van der Waals surface area contributed by atoms with Crippen molar-refractivity contribution in [1.29, 1.82) is 0 Å². The third-order valence-corrected chi connectivity index (χ3v) is 3.59. The molecule has 0 saturated carbocycles. The van der Waals surface area contributed by atoms with Crippen molar-refractivity contribution in [3.8, 4) is 5.75 Å². The minimum Gasteiger partial charge on any atom is -0.497 e. The van der Waals surface area contributed by atoms with Gasteiger partial charge in [-0.25, -0.2) is 0 Å². The fraction of sp³-hybridized carbons (Fsp3) is 0.235. The van der Waals surface area contributed by atoms with Crippen LogP contribution in [-0.4, -0.2) is 13.0 Å². The summed E-state index contributed by atoms with van der Waals surface area (Å²) in [6.45, 7) is 2.04. The summed E-state index contributed by atoms with van der Waals surface area (Å²) < 4.78 is 5.14. The van der Waals surface area contributed by atoms with Gasteiger partial charge in [0.05, 0.1) is 13.2 Å². The summed E-state index contributed by atoms with van der Waals surface area (Å²) in [5.41, 5.74) is 1.66. The van der Waals surface area contributed by atoms with Gasteiger partial charge in [-0.1, -0.05) is 30.7 Å². The number of nitrogens with one attached hydrogen (secondary N) is 1. The first-order valence-electron chi connectivity index (χ1n) is 6.84. The second-order valence-electron chi connectivity index (χ2n) is 4.71. The largest absolute Gasteiger partial charge is 0.497 e. The Balaban J connectivity index is 2.10. The van der Waals surface area contributed by atoms with Crippen LogP contribution in [0.2, 0.25) is 5.02 Å². The quantitative estimate of drug-likeness (QED) is 0.897. The summed E-state index contributed by atoms with van der Waals surface area (Å²) in [6.07, 6.45) is 0.811. The molecule has 0 aromatic heterocycles. The van der Waals surface area contributed by atoms with E-state index in [0.717, 1.165) is 17.7 Å². The molecule has 0 bridgehead atoms. The summed E-state index contributed by atoms with van der Waals surface area (Å²) in [4.78, 5) is 12.2. The Kier molecular flexibility index (Phi) is 5.23. The number of methoxy groups -OCH3 is 1. The molecule has 1 amide bonds. The van der Waals surface area contributed by atoms with Gasteiger partial charge >= 0.3 is 0 Å². The van der Waals surface area contributed by atoms with Gasteiger partial charge in [-0.15, -0.1) is 0 Å². The molecule has 0 heterocycles. The van der Waals surface area contributed by atoms with Crippen molar-refractivity contribution in [1.82, 2.24) is 5.32 Å². The number of halogens is 1. The zero-order chi connectivity index (χ0) is 15.2. The van der Waals surface area contributed by atoms with Gasteiger partial charge in [0, 0.05) is 10.6 Å². The SMILES string of the molecule is CC[C@@H](NC(=O)c1ccc(Cl)cc1)c1ccc(OC)cc1. The number of rotatable bonds is 5. The lowest BCUT2D eigenvalue weighted by Crippen LogP contribution is -2.28. The maximum atomic E-state index is 12.2. The molecule has 0 saturated heterocycles. The Bertz CT molecular complexity index is 593. The zero-order valence-corrected chi connectivity index (χ0v) is 12.9. The molecule has 2 aromatic carbocycles. The molecule has 4 heteroatoms. The number of carbonyl (C=O) groups is 1. The molecular weight excluding hydrogens is 286 g/mol. The first-order chi connectivity index (χ1) is 10.1. The molecule has 2 rings (SSSR count). The van der Waals surface area contributed by atoms with Crippen LogP contribution in [0.5, 0.6) is 5.75 Å². The molecule has 1 N–H and O–H groups in total. The summed E-state index contributed by atoms with van der Waals surface area (Å²) in [7, 11) is 1.63. The lowest BCUT2D eigenvalue weighted by molar-refractivity contribution is 0.0935. The number of ether oxygens (including phenoxy) is 1. The molecule has 3 nitrogen and oxygen atoms in total. The topological polar surface area (TPSA) is 38.3 Å². The number of carbonyl (C=O) groups excluding carboxylic acids is 1. The highest BCUT2D eigenvalue weighted by molar-refractivity contribution is 6.30. The normalized spacial score (nSPS) is 11.8. The molecular formula is C17H18ClNO2. The Morgan fingerprint density at radius 2 is 1.76 bits per heavy atom. The highest BCUT2D eigenvalue weighted by Crippen LogP contribution is 2.20. The van der Waals surface area contributed by atoms with E-state index in [-0.39, 0.29) is 11.9 Å². The molecule has 0 spiro atoms. The second-order valence-corrected chi connectivity index (χ2v) is 5.15. The minimum atomic E-state index is -0.102. The summed E-state index contributed by atoms with van der Waals surface area (Å²) >= 11 is 5.83. The zero-order valence-electron chi connectivity index (χ0n) is 12.1. The average molecular weight is 304 g/mol. The average Bonchev–Trinajstić information content (AvgIpc) is 2.53. The van der Waals surface area contributed by atoms with Gasteiger partial charge in [0.1, 0.15) is 5.75 Å². The van der Waals surface area contributed by atoms with E-state index in [4.69, 9.17) is 16.3 Å². The fourth-order valence-electron chi connectivity index (χ4n) is 2.10. The van der Waals surface area contributed by atoms with Crippen LogP contribution < -0.4 is 10.1 Å². The van der Waals surface area contributed by atoms with E-state index in [1.165, 1.54) is 0 Å². The van der Waals surface area contributed by atoms with Crippen LogP contribution in [0.15, 0.2) is 48.5 Å². The first-order valence-corrected chi connectivity index (χ1v) is 7.22. The van der Waals surface area contributed by atoms with Crippen LogP contribution in [0.3, 0.4) is 0 Å². The van der Waals surface area contributed by atoms with Gasteiger partial charge in [0.25, 0.3) is 5.91 Å². The van der Waals surface area contributed by atoms with Gasteiger partial charge in [-0.05, 0) is 48.4 Å². The maximum absolute atomic E-state index is 12.2. The highest BCUT2D eigenvalue weighted by Gasteiger charge is 2.14. The monoisotopic (exact) mass is 303 g/mol. The van der Waals surface area contributed by atoms with Crippen molar-refractivity contribution in [2.75, 3.05) is 7.11 Å². The number of hydrogen-bond acceptors (Lipinski definition) is 2. The van der Waals surface area contributed by atoms with Crippen LogP contribution in [-0.2, 0) is 0 Å². The van der Waals surface area contributed by atoms with E-state index < -0.39 is 0 Å². The minimum absolute atomic E-state index is 0.0286. The van der Waals surface area contributed by atoms with Crippen LogP contribution in [0, 0.1) is 0 Å². The van der Waals surface area contributed by atoms with Crippen molar-refractivity contribution in [2.24, 2.45) is 0 Å². The van der Waals surface area contributed by atoms with Gasteiger partial charge in [-0.3, -0.25) is 4.79 Å². The van der Waals surface area contributed by atoms with E-state index >= 15 is 0 Å². The molecule has 0 radical (unpaired) electrons. The number of amides is 1. The van der Waals surface area contributed by atoms with Crippen molar-refractivity contribution in [3.63, 3.8) is 0 Å². The first kappa shape index (κ1) is 15.4. The van der Waals surface area contributed by atoms with Crippen LogP contribution in [0.25, 0.3) is 0 Å². The lowest BCUT2D eigenvalue weighted by Gasteiger charge is -2.18. The summed E-state index contributed by atoms with van der Waals surface area (Å²) in [6, 6.07) is 14.6. The molecule has 0 unspecified atom stereocenters. The molecule has 0 aliphatic rings. The maximum Gasteiger partial charge on any atom is 0.251 e. The van der Waals surface area contributed by atoms with E-state index in [1.54, 1.807) is 31.4 Å². The summed E-state index contributed by atoms with van der Waals surface area (Å²) in [5, 5.41) is 3.65. The Morgan fingerprint density at radius 1 is 1.14 bits per heavy atom. The van der Waals surface area contributed by atoms with Crippen LogP contribution >= 0.6 is 11.6 Å². The lowest BCUT2D eigenvalue weighted by atomic mass is 10.0. The van der Waals surface area contributed by atoms with Gasteiger partial charge in [0.2, 0.25) is 0 Å². The second kappa shape index (κ2) is 7.14.